The van der Waals surface area contributed by atoms with Crippen LogP contribution in [0.4, 0.5) is 0 Å². The molecule has 0 saturated carbocycles. The molecule has 1 saturated heterocycles. The minimum Gasteiger partial charge on any atom is -0.487 e. The fourth-order valence-electron chi connectivity index (χ4n) is 3.40. The van der Waals surface area contributed by atoms with Gasteiger partial charge in [-0.25, -0.2) is 0 Å². The van der Waals surface area contributed by atoms with Gasteiger partial charge in [-0.15, -0.1) is 0 Å². The van der Waals surface area contributed by atoms with Crippen molar-refractivity contribution < 1.29 is 4.74 Å². The number of pyridine rings is 1. The van der Waals surface area contributed by atoms with Gasteiger partial charge < -0.3 is 10.1 Å². The Morgan fingerprint density at radius 3 is 2.71 bits per heavy atom. The fraction of sp³-hybridized carbons (Fsp3) is 0.450. The van der Waals surface area contributed by atoms with Crippen molar-refractivity contribution in [3.8, 4) is 5.75 Å². The first-order valence-electron chi connectivity index (χ1n) is 8.70. The van der Waals surface area contributed by atoms with Crippen LogP contribution in [0.1, 0.15) is 29.3 Å². The molecule has 1 aliphatic rings. The fourth-order valence-corrected chi connectivity index (χ4v) is 3.40. The Kier molecular flexibility index (Phi) is 5.48. The van der Waals surface area contributed by atoms with Crippen LogP contribution in [-0.4, -0.2) is 35.6 Å². The lowest BCUT2D eigenvalue weighted by molar-refractivity contribution is 0.199. The molecule has 3 rings (SSSR count). The van der Waals surface area contributed by atoms with Crippen LogP contribution < -0.4 is 10.1 Å². The Morgan fingerprint density at radius 1 is 1.25 bits per heavy atom. The molecule has 4 nitrogen and oxygen atoms in total. The Bertz CT molecular complexity index is 649. The second-order valence-electron chi connectivity index (χ2n) is 6.76. The molecule has 128 valence electrons. The molecule has 2 heterocycles. The smallest absolute Gasteiger partial charge is 0.130 e. The number of aromatic nitrogens is 1. The summed E-state index contributed by atoms with van der Waals surface area (Å²) in [5, 5.41) is 3.49. The van der Waals surface area contributed by atoms with Crippen molar-refractivity contribution in [2.24, 2.45) is 0 Å². The van der Waals surface area contributed by atoms with Crippen LogP contribution in [0.15, 0.2) is 36.5 Å². The third kappa shape index (κ3) is 4.34. The highest BCUT2D eigenvalue weighted by Gasteiger charge is 2.16. The van der Waals surface area contributed by atoms with E-state index < -0.39 is 0 Å². The lowest BCUT2D eigenvalue weighted by Crippen LogP contribution is -2.48. The monoisotopic (exact) mass is 325 g/mol. The van der Waals surface area contributed by atoms with Gasteiger partial charge in [-0.3, -0.25) is 9.88 Å². The van der Waals surface area contributed by atoms with E-state index >= 15 is 0 Å². The zero-order chi connectivity index (χ0) is 16.9. The van der Waals surface area contributed by atoms with Crippen molar-refractivity contribution in [2.45, 2.75) is 40.0 Å². The molecular weight excluding hydrogens is 298 g/mol. The number of hydrogen-bond acceptors (Lipinski definition) is 4. The van der Waals surface area contributed by atoms with Crippen molar-refractivity contribution in [1.29, 1.82) is 0 Å². The van der Waals surface area contributed by atoms with Gasteiger partial charge in [0.15, 0.2) is 0 Å². The molecule has 0 aliphatic carbocycles. The molecule has 1 atom stereocenters. The van der Waals surface area contributed by atoms with Gasteiger partial charge in [0.05, 0.1) is 5.69 Å². The summed E-state index contributed by atoms with van der Waals surface area (Å²) in [4.78, 5) is 6.84. The van der Waals surface area contributed by atoms with Crippen molar-refractivity contribution in [1.82, 2.24) is 15.2 Å². The van der Waals surface area contributed by atoms with Crippen LogP contribution in [0.2, 0.25) is 0 Å². The third-order valence-corrected chi connectivity index (χ3v) is 4.47. The molecule has 0 radical (unpaired) electrons. The minimum atomic E-state index is 0.511. The van der Waals surface area contributed by atoms with Crippen LogP contribution in [0.25, 0.3) is 0 Å². The van der Waals surface area contributed by atoms with E-state index in [1.807, 2.05) is 18.2 Å². The average molecular weight is 325 g/mol. The number of nitrogens with zero attached hydrogens (tertiary/aromatic N) is 2. The standard InChI is InChI=1S/C20H27N3O/c1-15-10-18(13-23-9-8-21-17(3)12-23)11-16(2)20(15)24-14-19-6-4-5-7-22-19/h4-7,10-11,17,21H,8-9,12-14H2,1-3H3. The SMILES string of the molecule is Cc1cc(CN2CCNC(C)C2)cc(C)c1OCc1ccccn1. The predicted molar refractivity (Wildman–Crippen MR) is 97.2 cm³/mol. The number of benzene rings is 1. The molecule has 1 aromatic heterocycles. The van der Waals surface area contributed by atoms with E-state index in [0.29, 0.717) is 12.6 Å². The highest BCUT2D eigenvalue weighted by molar-refractivity contribution is 5.43. The Morgan fingerprint density at radius 2 is 2.04 bits per heavy atom. The van der Waals surface area contributed by atoms with Gasteiger partial charge in [0.25, 0.3) is 0 Å². The highest BCUT2D eigenvalue weighted by Crippen LogP contribution is 2.26. The molecule has 1 aromatic carbocycles. The van der Waals surface area contributed by atoms with Crippen molar-refractivity contribution in [3.05, 3.63) is 58.9 Å². The first-order valence-corrected chi connectivity index (χ1v) is 8.70. The van der Waals surface area contributed by atoms with E-state index in [9.17, 15) is 0 Å². The molecule has 2 aromatic rings. The molecule has 1 aliphatic heterocycles. The zero-order valence-electron chi connectivity index (χ0n) is 14.9. The van der Waals surface area contributed by atoms with Gasteiger partial charge in [0.1, 0.15) is 12.4 Å². The molecule has 1 fully saturated rings. The molecule has 0 spiro atoms. The second-order valence-corrected chi connectivity index (χ2v) is 6.76. The lowest BCUT2D eigenvalue weighted by atomic mass is 10.0. The molecule has 24 heavy (non-hydrogen) atoms. The summed E-state index contributed by atoms with van der Waals surface area (Å²) in [5.41, 5.74) is 4.72. The maximum atomic E-state index is 6.03. The summed E-state index contributed by atoms with van der Waals surface area (Å²) in [7, 11) is 0. The van der Waals surface area contributed by atoms with E-state index in [0.717, 1.165) is 37.6 Å². The van der Waals surface area contributed by atoms with Gasteiger partial charge in [-0.2, -0.15) is 0 Å². The lowest BCUT2D eigenvalue weighted by Gasteiger charge is -2.32. The van der Waals surface area contributed by atoms with Crippen molar-refractivity contribution >= 4 is 0 Å². The Balaban J connectivity index is 1.66. The quantitative estimate of drug-likeness (QED) is 0.917. The van der Waals surface area contributed by atoms with Gasteiger partial charge in [0, 0.05) is 38.4 Å². The van der Waals surface area contributed by atoms with E-state index in [1.165, 1.54) is 16.7 Å². The van der Waals surface area contributed by atoms with Crippen molar-refractivity contribution in [3.63, 3.8) is 0 Å². The number of hydrogen-bond donors (Lipinski definition) is 1. The number of ether oxygens (including phenoxy) is 1. The first-order chi connectivity index (χ1) is 11.6. The highest BCUT2D eigenvalue weighted by atomic mass is 16.5. The topological polar surface area (TPSA) is 37.4 Å². The zero-order valence-corrected chi connectivity index (χ0v) is 14.9. The predicted octanol–water partition coefficient (Wildman–Crippen LogP) is 3.07. The van der Waals surface area contributed by atoms with Crippen LogP contribution >= 0.6 is 0 Å². The van der Waals surface area contributed by atoms with Crippen LogP contribution in [0.5, 0.6) is 5.75 Å². The van der Waals surface area contributed by atoms with Gasteiger partial charge in [-0.05, 0) is 49.6 Å². The number of aryl methyl sites for hydroxylation is 2. The van der Waals surface area contributed by atoms with Crippen LogP contribution in [0, 0.1) is 13.8 Å². The third-order valence-electron chi connectivity index (χ3n) is 4.47. The largest absolute Gasteiger partial charge is 0.487 e. The summed E-state index contributed by atoms with van der Waals surface area (Å²) in [6, 6.07) is 11.0. The average Bonchev–Trinajstić information content (AvgIpc) is 2.55. The van der Waals surface area contributed by atoms with Gasteiger partial charge in [0.2, 0.25) is 0 Å². The molecule has 4 heteroatoms. The van der Waals surface area contributed by atoms with E-state index in [2.05, 4.69) is 48.1 Å². The van der Waals surface area contributed by atoms with E-state index in [1.54, 1.807) is 6.20 Å². The van der Waals surface area contributed by atoms with Crippen LogP contribution in [0.3, 0.4) is 0 Å². The number of rotatable bonds is 5. The number of piperazine rings is 1. The maximum absolute atomic E-state index is 6.03. The Labute approximate surface area is 144 Å². The summed E-state index contributed by atoms with van der Waals surface area (Å²) in [6.45, 7) is 11.3. The van der Waals surface area contributed by atoms with Gasteiger partial charge in [-0.1, -0.05) is 18.2 Å². The normalized spacial score (nSPS) is 18.5. The first kappa shape index (κ1) is 16.9. The summed E-state index contributed by atoms with van der Waals surface area (Å²) in [6.07, 6.45) is 1.80. The molecule has 0 bridgehead atoms. The van der Waals surface area contributed by atoms with E-state index in [-0.39, 0.29) is 0 Å². The summed E-state index contributed by atoms with van der Waals surface area (Å²) < 4.78 is 6.03. The number of nitrogens with one attached hydrogen (secondary N) is 1. The minimum absolute atomic E-state index is 0.511. The molecule has 1 unspecified atom stereocenters. The molecule has 1 N–H and O–H groups in total. The summed E-state index contributed by atoms with van der Waals surface area (Å²) >= 11 is 0. The van der Waals surface area contributed by atoms with Gasteiger partial charge >= 0.3 is 0 Å². The summed E-state index contributed by atoms with van der Waals surface area (Å²) in [5.74, 6) is 0.984. The van der Waals surface area contributed by atoms with Crippen molar-refractivity contribution in [2.75, 3.05) is 19.6 Å². The van der Waals surface area contributed by atoms with Crippen LogP contribution in [-0.2, 0) is 13.2 Å². The Hall–Kier alpha value is -1.91. The van der Waals surface area contributed by atoms with E-state index in [4.69, 9.17) is 4.74 Å². The second kappa shape index (κ2) is 7.77. The molecular formula is C20H27N3O. The molecule has 0 amide bonds. The maximum Gasteiger partial charge on any atom is 0.130 e.